The first-order chi connectivity index (χ1) is 11.3. The molecule has 1 heterocycles. The molecular weight excluding hydrogens is 280 g/mol. The Morgan fingerprint density at radius 2 is 1.26 bits per heavy atom. The maximum atomic E-state index is 4.45. The lowest BCUT2D eigenvalue weighted by molar-refractivity contribution is 1.18. The molecule has 0 amide bonds. The van der Waals surface area contributed by atoms with Crippen molar-refractivity contribution >= 4 is 10.8 Å². The molecule has 4 aromatic rings. The highest BCUT2D eigenvalue weighted by Crippen LogP contribution is 2.26. The van der Waals surface area contributed by atoms with E-state index in [0.717, 1.165) is 22.5 Å². The zero-order valence-electron chi connectivity index (χ0n) is 12.9. The maximum absolute atomic E-state index is 4.45. The number of hydrogen-bond donors (Lipinski definition) is 0. The normalized spacial score (nSPS) is 10.8. The molecule has 0 radical (unpaired) electrons. The van der Waals surface area contributed by atoms with Gasteiger partial charge < -0.3 is 0 Å². The predicted molar refractivity (Wildman–Crippen MR) is 95.1 cm³/mol. The molecule has 0 fully saturated rings. The fraction of sp³-hybridized carbons (Fsp3) is 0.0476. The first-order valence-corrected chi connectivity index (χ1v) is 7.68. The van der Waals surface area contributed by atoms with E-state index < -0.39 is 0 Å². The fourth-order valence-corrected chi connectivity index (χ4v) is 2.75. The number of aromatic nitrogens is 2. The minimum absolute atomic E-state index is 0.946. The van der Waals surface area contributed by atoms with Gasteiger partial charge in [-0.1, -0.05) is 66.2 Å². The number of nitrogens with zero attached hydrogens (tertiary/aromatic N) is 2. The van der Waals surface area contributed by atoms with E-state index in [2.05, 4.69) is 89.7 Å². The van der Waals surface area contributed by atoms with Crippen molar-refractivity contribution < 1.29 is 0 Å². The highest BCUT2D eigenvalue weighted by atomic mass is 14.8. The van der Waals surface area contributed by atoms with Gasteiger partial charge in [0.05, 0.1) is 11.4 Å². The van der Waals surface area contributed by atoms with Crippen LogP contribution in [0.5, 0.6) is 0 Å². The Labute approximate surface area is 135 Å². The van der Waals surface area contributed by atoms with Gasteiger partial charge in [0.25, 0.3) is 0 Å². The highest BCUT2D eigenvalue weighted by Gasteiger charge is 2.05. The molecule has 0 aliphatic heterocycles. The van der Waals surface area contributed by atoms with Gasteiger partial charge in [-0.25, -0.2) is 9.97 Å². The lowest BCUT2D eigenvalue weighted by atomic mass is 10.0. The second-order valence-corrected chi connectivity index (χ2v) is 5.72. The Hall–Kier alpha value is -3.00. The summed E-state index contributed by atoms with van der Waals surface area (Å²) in [5.74, 6) is 0. The van der Waals surface area contributed by atoms with Gasteiger partial charge in [-0.05, 0) is 29.8 Å². The molecule has 4 rings (SSSR count). The Kier molecular flexibility index (Phi) is 3.35. The van der Waals surface area contributed by atoms with Crippen LogP contribution >= 0.6 is 0 Å². The third-order valence-corrected chi connectivity index (χ3v) is 4.06. The number of rotatable bonds is 2. The van der Waals surface area contributed by atoms with E-state index >= 15 is 0 Å². The molecule has 0 unspecified atom stereocenters. The molecule has 0 aliphatic carbocycles. The van der Waals surface area contributed by atoms with Crippen molar-refractivity contribution in [2.24, 2.45) is 0 Å². The van der Waals surface area contributed by atoms with Crippen molar-refractivity contribution in [1.82, 2.24) is 9.97 Å². The summed E-state index contributed by atoms with van der Waals surface area (Å²) in [6.07, 6.45) is 1.64. The number of benzene rings is 3. The van der Waals surface area contributed by atoms with Crippen LogP contribution in [0.25, 0.3) is 33.3 Å². The van der Waals surface area contributed by atoms with E-state index in [1.165, 1.54) is 16.3 Å². The van der Waals surface area contributed by atoms with Crippen LogP contribution in [0.4, 0.5) is 0 Å². The summed E-state index contributed by atoms with van der Waals surface area (Å²) in [4.78, 5) is 8.86. The predicted octanol–water partition coefficient (Wildman–Crippen LogP) is 5.27. The van der Waals surface area contributed by atoms with Crippen LogP contribution in [0.2, 0.25) is 0 Å². The monoisotopic (exact) mass is 296 g/mol. The minimum Gasteiger partial charge on any atom is -0.236 e. The molecule has 2 nitrogen and oxygen atoms in total. The third-order valence-electron chi connectivity index (χ3n) is 4.06. The first-order valence-electron chi connectivity index (χ1n) is 7.68. The van der Waals surface area contributed by atoms with Crippen LogP contribution in [0.1, 0.15) is 5.56 Å². The molecule has 3 aromatic carbocycles. The Morgan fingerprint density at radius 1 is 0.609 bits per heavy atom. The minimum atomic E-state index is 0.946. The average molecular weight is 296 g/mol. The van der Waals surface area contributed by atoms with Crippen molar-refractivity contribution in [3.05, 3.63) is 84.7 Å². The van der Waals surface area contributed by atoms with Gasteiger partial charge in [-0.2, -0.15) is 0 Å². The van der Waals surface area contributed by atoms with Crippen molar-refractivity contribution in [1.29, 1.82) is 0 Å². The van der Waals surface area contributed by atoms with Gasteiger partial charge in [-0.15, -0.1) is 0 Å². The third kappa shape index (κ3) is 2.71. The summed E-state index contributed by atoms with van der Waals surface area (Å²) < 4.78 is 0. The number of aryl methyl sites for hydroxylation is 1. The Morgan fingerprint density at radius 3 is 2.04 bits per heavy atom. The smallest absolute Gasteiger partial charge is 0.116 e. The maximum Gasteiger partial charge on any atom is 0.116 e. The average Bonchev–Trinajstić information content (AvgIpc) is 2.62. The molecule has 0 bridgehead atoms. The van der Waals surface area contributed by atoms with Crippen molar-refractivity contribution in [3.63, 3.8) is 0 Å². The molecule has 0 aliphatic rings. The van der Waals surface area contributed by atoms with Crippen LogP contribution in [0, 0.1) is 6.92 Å². The summed E-state index contributed by atoms with van der Waals surface area (Å²) in [5.41, 5.74) is 5.36. The molecule has 0 spiro atoms. The summed E-state index contributed by atoms with van der Waals surface area (Å²) >= 11 is 0. The largest absolute Gasteiger partial charge is 0.236 e. The molecule has 0 saturated carbocycles. The van der Waals surface area contributed by atoms with Crippen LogP contribution in [-0.4, -0.2) is 9.97 Å². The quantitative estimate of drug-likeness (QED) is 0.503. The zero-order chi connectivity index (χ0) is 15.6. The first kappa shape index (κ1) is 13.6. The summed E-state index contributed by atoms with van der Waals surface area (Å²) in [5, 5.41) is 2.46. The van der Waals surface area contributed by atoms with Gasteiger partial charge in [0.1, 0.15) is 6.33 Å². The summed E-state index contributed by atoms with van der Waals surface area (Å²) in [6, 6.07) is 25.3. The second-order valence-electron chi connectivity index (χ2n) is 5.72. The van der Waals surface area contributed by atoms with Gasteiger partial charge >= 0.3 is 0 Å². The van der Waals surface area contributed by atoms with E-state index in [-0.39, 0.29) is 0 Å². The molecule has 0 atom stereocenters. The fourth-order valence-electron chi connectivity index (χ4n) is 2.75. The molecule has 0 N–H and O–H groups in total. The molecule has 1 aromatic heterocycles. The van der Waals surface area contributed by atoms with Crippen molar-refractivity contribution in [3.8, 4) is 22.5 Å². The summed E-state index contributed by atoms with van der Waals surface area (Å²) in [6.45, 7) is 2.09. The zero-order valence-corrected chi connectivity index (χ0v) is 12.9. The lowest BCUT2D eigenvalue weighted by Gasteiger charge is -2.06. The van der Waals surface area contributed by atoms with Crippen molar-refractivity contribution in [2.75, 3.05) is 0 Å². The molecule has 0 saturated heterocycles. The van der Waals surface area contributed by atoms with Crippen LogP contribution in [0.15, 0.2) is 79.1 Å². The number of fused-ring (bicyclic) bond motifs is 1. The highest BCUT2D eigenvalue weighted by molar-refractivity contribution is 5.87. The van der Waals surface area contributed by atoms with Crippen LogP contribution in [0.3, 0.4) is 0 Å². The number of hydrogen-bond acceptors (Lipinski definition) is 2. The van der Waals surface area contributed by atoms with Crippen molar-refractivity contribution in [2.45, 2.75) is 6.92 Å². The van der Waals surface area contributed by atoms with E-state index in [1.807, 2.05) is 0 Å². The van der Waals surface area contributed by atoms with Gasteiger partial charge in [0, 0.05) is 11.1 Å². The lowest BCUT2D eigenvalue weighted by Crippen LogP contribution is -1.89. The molecule has 110 valence electrons. The van der Waals surface area contributed by atoms with E-state index in [1.54, 1.807) is 6.33 Å². The molecule has 2 heteroatoms. The van der Waals surface area contributed by atoms with E-state index in [4.69, 9.17) is 0 Å². The molecule has 23 heavy (non-hydrogen) atoms. The second kappa shape index (κ2) is 5.65. The van der Waals surface area contributed by atoms with Gasteiger partial charge in [0.15, 0.2) is 0 Å². The van der Waals surface area contributed by atoms with E-state index in [9.17, 15) is 0 Å². The van der Waals surface area contributed by atoms with Crippen LogP contribution < -0.4 is 0 Å². The van der Waals surface area contributed by atoms with Gasteiger partial charge in [-0.3, -0.25) is 0 Å². The molecular formula is C21H16N2. The summed E-state index contributed by atoms with van der Waals surface area (Å²) in [7, 11) is 0. The topological polar surface area (TPSA) is 25.8 Å². The Bertz CT molecular complexity index is 972. The SMILES string of the molecule is Cc1ccc(-c2cc(-c3ccc4ccccc4c3)ncn2)cc1. The standard InChI is InChI=1S/C21H16N2/c1-15-6-8-17(9-7-15)20-13-21(23-14-22-20)19-11-10-16-4-2-3-5-18(16)12-19/h2-14H,1H3. The van der Waals surface area contributed by atoms with Crippen LogP contribution in [-0.2, 0) is 0 Å². The van der Waals surface area contributed by atoms with E-state index in [0.29, 0.717) is 0 Å². The Balaban J connectivity index is 1.79. The van der Waals surface area contributed by atoms with Gasteiger partial charge in [0.2, 0.25) is 0 Å².